The van der Waals surface area contributed by atoms with Gasteiger partial charge in [-0.05, 0) is 18.6 Å². The van der Waals surface area contributed by atoms with Crippen LogP contribution in [0.3, 0.4) is 0 Å². The summed E-state index contributed by atoms with van der Waals surface area (Å²) in [5, 5.41) is 2.94. The third kappa shape index (κ3) is 3.23. The van der Waals surface area contributed by atoms with Gasteiger partial charge in [-0.3, -0.25) is 4.98 Å². The molecule has 0 fully saturated rings. The molecule has 0 unspecified atom stereocenters. The van der Waals surface area contributed by atoms with Crippen molar-refractivity contribution in [2.75, 3.05) is 11.9 Å². The molecule has 106 valence electrons. The number of alkyl halides is 3. The lowest BCUT2D eigenvalue weighted by Crippen LogP contribution is -2.09. The van der Waals surface area contributed by atoms with E-state index in [0.717, 1.165) is 24.9 Å². The molecule has 2 rings (SSSR count). The summed E-state index contributed by atoms with van der Waals surface area (Å²) in [6.45, 7) is 2.63. The molecule has 2 heterocycles. The molecule has 7 heteroatoms. The van der Waals surface area contributed by atoms with Crippen molar-refractivity contribution in [1.29, 1.82) is 0 Å². The van der Waals surface area contributed by atoms with E-state index in [1.54, 1.807) is 0 Å². The number of hydrogen-bond acceptors (Lipinski definition) is 4. The van der Waals surface area contributed by atoms with Gasteiger partial charge in [0.05, 0.1) is 11.3 Å². The Hall–Kier alpha value is -2.18. The van der Waals surface area contributed by atoms with Gasteiger partial charge in [0, 0.05) is 30.7 Å². The summed E-state index contributed by atoms with van der Waals surface area (Å²) in [5.74, 6) is 0.307. The molecule has 0 radical (unpaired) electrons. The van der Waals surface area contributed by atoms with Crippen molar-refractivity contribution in [3.05, 3.63) is 36.3 Å². The first-order valence-corrected chi connectivity index (χ1v) is 6.11. The Morgan fingerprint density at radius 1 is 1.20 bits per heavy atom. The standard InChI is InChI=1S/C13H13F3N4/c1-2-5-18-12-19-7-4-11(20-12)9-8-17-6-3-10(9)13(14,15)16/h3-4,6-8H,2,5H2,1H3,(H,18,19,20). The Bertz CT molecular complexity index is 584. The first-order chi connectivity index (χ1) is 9.52. The van der Waals surface area contributed by atoms with Crippen LogP contribution in [-0.2, 0) is 6.18 Å². The summed E-state index contributed by atoms with van der Waals surface area (Å²) in [7, 11) is 0. The van der Waals surface area contributed by atoms with E-state index in [1.165, 1.54) is 12.3 Å². The minimum absolute atomic E-state index is 0.0538. The van der Waals surface area contributed by atoms with Crippen LogP contribution >= 0.6 is 0 Å². The highest BCUT2D eigenvalue weighted by molar-refractivity contribution is 5.64. The fourth-order valence-corrected chi connectivity index (χ4v) is 1.68. The lowest BCUT2D eigenvalue weighted by Gasteiger charge is -2.12. The van der Waals surface area contributed by atoms with Gasteiger partial charge in [-0.1, -0.05) is 6.92 Å². The minimum atomic E-state index is -4.44. The predicted molar refractivity (Wildman–Crippen MR) is 69.0 cm³/mol. The normalized spacial score (nSPS) is 11.4. The van der Waals surface area contributed by atoms with E-state index in [0.29, 0.717) is 12.5 Å². The van der Waals surface area contributed by atoms with Gasteiger partial charge in [-0.2, -0.15) is 13.2 Å². The van der Waals surface area contributed by atoms with Crippen molar-refractivity contribution in [2.45, 2.75) is 19.5 Å². The van der Waals surface area contributed by atoms with Gasteiger partial charge >= 0.3 is 6.18 Å². The second kappa shape index (κ2) is 5.85. The van der Waals surface area contributed by atoms with Crippen LogP contribution in [0.25, 0.3) is 11.3 Å². The quantitative estimate of drug-likeness (QED) is 0.934. The summed E-state index contributed by atoms with van der Waals surface area (Å²) in [6, 6.07) is 2.37. The average Bonchev–Trinajstić information content (AvgIpc) is 2.44. The van der Waals surface area contributed by atoms with Gasteiger partial charge < -0.3 is 5.32 Å². The Morgan fingerprint density at radius 2 is 2.00 bits per heavy atom. The van der Waals surface area contributed by atoms with Crippen LogP contribution in [0.2, 0.25) is 0 Å². The molecule has 20 heavy (non-hydrogen) atoms. The van der Waals surface area contributed by atoms with Gasteiger partial charge in [0.2, 0.25) is 5.95 Å². The van der Waals surface area contributed by atoms with E-state index >= 15 is 0 Å². The highest BCUT2D eigenvalue weighted by Gasteiger charge is 2.34. The molecule has 2 aromatic rings. The molecule has 1 N–H and O–H groups in total. The molecule has 0 saturated carbocycles. The Morgan fingerprint density at radius 3 is 2.70 bits per heavy atom. The molecule has 0 aliphatic rings. The monoisotopic (exact) mass is 282 g/mol. The number of pyridine rings is 1. The third-order valence-electron chi connectivity index (χ3n) is 2.59. The number of halogens is 3. The molecule has 0 saturated heterocycles. The molecule has 0 aliphatic heterocycles. The van der Waals surface area contributed by atoms with Crippen LogP contribution in [0.1, 0.15) is 18.9 Å². The Kier molecular flexibility index (Phi) is 4.16. The molecule has 4 nitrogen and oxygen atoms in total. The summed E-state index contributed by atoms with van der Waals surface area (Å²) >= 11 is 0. The number of nitrogens with zero attached hydrogens (tertiary/aromatic N) is 3. The first kappa shape index (κ1) is 14.2. The highest BCUT2D eigenvalue weighted by Crippen LogP contribution is 2.35. The smallest absolute Gasteiger partial charge is 0.354 e. The minimum Gasteiger partial charge on any atom is -0.354 e. The molecule has 2 aromatic heterocycles. The SMILES string of the molecule is CCCNc1nccc(-c2cnccc2C(F)(F)F)n1. The van der Waals surface area contributed by atoms with Crippen molar-refractivity contribution in [2.24, 2.45) is 0 Å². The Labute approximate surface area is 114 Å². The average molecular weight is 282 g/mol. The van der Waals surface area contributed by atoms with Crippen LogP contribution in [-0.4, -0.2) is 21.5 Å². The fraction of sp³-hybridized carbons (Fsp3) is 0.308. The van der Waals surface area contributed by atoms with Crippen LogP contribution in [0.4, 0.5) is 19.1 Å². The molecule has 0 atom stereocenters. The summed E-state index contributed by atoms with van der Waals surface area (Å²) in [6.07, 6.45) is 0.126. The van der Waals surface area contributed by atoms with Crippen molar-refractivity contribution in [3.8, 4) is 11.3 Å². The summed E-state index contributed by atoms with van der Waals surface area (Å²) in [4.78, 5) is 11.8. The van der Waals surface area contributed by atoms with Crippen molar-refractivity contribution < 1.29 is 13.2 Å². The van der Waals surface area contributed by atoms with E-state index in [9.17, 15) is 13.2 Å². The molecule has 0 bridgehead atoms. The first-order valence-electron chi connectivity index (χ1n) is 6.11. The van der Waals surface area contributed by atoms with E-state index < -0.39 is 11.7 Å². The van der Waals surface area contributed by atoms with Crippen LogP contribution in [0.15, 0.2) is 30.7 Å². The van der Waals surface area contributed by atoms with Crippen LogP contribution < -0.4 is 5.32 Å². The Balaban J connectivity index is 2.42. The molecule has 0 amide bonds. The maximum absolute atomic E-state index is 13.0. The van der Waals surface area contributed by atoms with Crippen molar-refractivity contribution in [3.63, 3.8) is 0 Å². The maximum Gasteiger partial charge on any atom is 0.417 e. The second-order valence-electron chi connectivity index (χ2n) is 4.11. The maximum atomic E-state index is 13.0. The van der Waals surface area contributed by atoms with Crippen LogP contribution in [0.5, 0.6) is 0 Å². The van der Waals surface area contributed by atoms with E-state index in [1.807, 2.05) is 6.92 Å². The predicted octanol–water partition coefficient (Wildman–Crippen LogP) is 3.38. The fourth-order valence-electron chi connectivity index (χ4n) is 1.68. The van der Waals surface area contributed by atoms with E-state index in [2.05, 4.69) is 20.3 Å². The number of nitrogens with one attached hydrogen (secondary N) is 1. The molecule has 0 aliphatic carbocycles. The summed E-state index contributed by atoms with van der Waals surface area (Å²) in [5.41, 5.74) is -0.617. The van der Waals surface area contributed by atoms with E-state index in [4.69, 9.17) is 0 Å². The number of hydrogen-bond donors (Lipinski definition) is 1. The molecular formula is C13H13F3N4. The zero-order valence-electron chi connectivity index (χ0n) is 10.8. The van der Waals surface area contributed by atoms with Gasteiger partial charge in [0.25, 0.3) is 0 Å². The number of rotatable bonds is 4. The highest BCUT2D eigenvalue weighted by atomic mass is 19.4. The molecule has 0 spiro atoms. The van der Waals surface area contributed by atoms with Crippen LogP contribution in [0, 0.1) is 0 Å². The van der Waals surface area contributed by atoms with Crippen molar-refractivity contribution in [1.82, 2.24) is 15.0 Å². The lowest BCUT2D eigenvalue weighted by atomic mass is 10.1. The zero-order chi connectivity index (χ0) is 14.6. The molecular weight excluding hydrogens is 269 g/mol. The second-order valence-corrected chi connectivity index (χ2v) is 4.11. The number of aromatic nitrogens is 3. The van der Waals surface area contributed by atoms with E-state index in [-0.39, 0.29) is 11.3 Å². The van der Waals surface area contributed by atoms with Crippen molar-refractivity contribution >= 4 is 5.95 Å². The number of anilines is 1. The van der Waals surface area contributed by atoms with Gasteiger partial charge in [0.15, 0.2) is 0 Å². The molecule has 0 aromatic carbocycles. The third-order valence-corrected chi connectivity index (χ3v) is 2.59. The lowest BCUT2D eigenvalue weighted by molar-refractivity contribution is -0.137. The van der Waals surface area contributed by atoms with Gasteiger partial charge in [0.1, 0.15) is 0 Å². The van der Waals surface area contributed by atoms with Gasteiger partial charge in [-0.25, -0.2) is 9.97 Å². The summed E-state index contributed by atoms with van der Waals surface area (Å²) < 4.78 is 38.9. The van der Waals surface area contributed by atoms with Gasteiger partial charge in [-0.15, -0.1) is 0 Å². The zero-order valence-corrected chi connectivity index (χ0v) is 10.8. The topological polar surface area (TPSA) is 50.7 Å². The largest absolute Gasteiger partial charge is 0.417 e.